The third-order valence-electron chi connectivity index (χ3n) is 3.82. The maximum absolute atomic E-state index is 12.0. The summed E-state index contributed by atoms with van der Waals surface area (Å²) < 4.78 is 5.27. The summed E-state index contributed by atoms with van der Waals surface area (Å²) in [6, 6.07) is 12.0. The largest absolute Gasteiger partial charge is 0.496 e. The van der Waals surface area contributed by atoms with E-state index in [0.29, 0.717) is 33.3 Å². The Morgan fingerprint density at radius 1 is 1.39 bits per heavy atom. The van der Waals surface area contributed by atoms with Gasteiger partial charge in [-0.15, -0.1) is 0 Å². The van der Waals surface area contributed by atoms with Gasteiger partial charge in [-0.2, -0.15) is 5.10 Å². The van der Waals surface area contributed by atoms with Gasteiger partial charge >= 0.3 is 7.48 Å². The molecule has 0 aliphatic heterocycles. The lowest BCUT2D eigenvalue weighted by Gasteiger charge is -2.06. The number of aliphatic imine (C=N–C) groups is 1. The van der Waals surface area contributed by atoms with E-state index in [2.05, 4.69) is 20.5 Å². The van der Waals surface area contributed by atoms with E-state index in [-0.39, 0.29) is 11.4 Å². The Bertz CT molecular complexity index is 1040. The van der Waals surface area contributed by atoms with Crippen LogP contribution < -0.4 is 21.3 Å². The molecule has 0 aliphatic rings. The highest BCUT2D eigenvalue weighted by molar-refractivity contribution is 6.45. The Morgan fingerprint density at radius 3 is 2.89 bits per heavy atom. The number of hydrogen-bond acceptors (Lipinski definition) is 6. The molecule has 0 aliphatic carbocycles. The third kappa shape index (κ3) is 4.33. The summed E-state index contributed by atoms with van der Waals surface area (Å²) in [7, 11) is 2.48. The number of amides is 1. The van der Waals surface area contributed by atoms with Crippen LogP contribution in [0.1, 0.15) is 15.9 Å². The second-order valence-electron chi connectivity index (χ2n) is 5.69. The zero-order valence-corrected chi connectivity index (χ0v) is 15.6. The fourth-order valence-electron chi connectivity index (χ4n) is 2.52. The molecule has 3 rings (SSSR count). The van der Waals surface area contributed by atoms with Crippen molar-refractivity contribution in [1.29, 1.82) is 0 Å². The van der Waals surface area contributed by atoms with Gasteiger partial charge in [0.15, 0.2) is 5.82 Å². The summed E-state index contributed by atoms with van der Waals surface area (Å²) in [6.45, 7) is 0. The number of benzene rings is 2. The van der Waals surface area contributed by atoms with Crippen LogP contribution in [0.15, 0.2) is 47.5 Å². The molecule has 141 valence electrons. The molecule has 5 N–H and O–H groups in total. The van der Waals surface area contributed by atoms with Crippen molar-refractivity contribution in [2.24, 2.45) is 10.7 Å². The van der Waals surface area contributed by atoms with Crippen molar-refractivity contribution in [2.45, 2.75) is 0 Å². The molecule has 0 bridgehead atoms. The number of rotatable bonds is 7. The number of anilines is 2. The lowest BCUT2D eigenvalue weighted by atomic mass is 9.87. The predicted octanol–water partition coefficient (Wildman–Crippen LogP) is 1.90. The quantitative estimate of drug-likeness (QED) is 0.358. The molecule has 1 radical (unpaired) electrons. The van der Waals surface area contributed by atoms with Gasteiger partial charge in [-0.25, -0.2) is 4.99 Å². The number of halogens is 1. The van der Waals surface area contributed by atoms with Crippen LogP contribution >= 0.6 is 11.6 Å². The number of nitrogens with one attached hydrogen (secondary N) is 2. The fraction of sp³-hybridized carbons (Fsp3) is 0.0556. The standard InChI is InChI=1S/C18H16BClN5O3/c1-28-14-6-5-11(19-27)7-10(14)9-22-17-15(16(21)26)18(25-24-17)23-13-4-2-3-12(20)8-13/h2-9,27H,1H3,(H2,21,26)(H2,23,24,25). The smallest absolute Gasteiger partial charge is 0.326 e. The van der Waals surface area contributed by atoms with Crippen molar-refractivity contribution in [3.05, 3.63) is 58.6 Å². The number of carbonyl (C=O) groups excluding carboxylic acids is 1. The first-order chi connectivity index (χ1) is 13.5. The van der Waals surface area contributed by atoms with E-state index in [1.165, 1.54) is 13.3 Å². The normalized spacial score (nSPS) is 10.8. The van der Waals surface area contributed by atoms with Crippen molar-refractivity contribution >= 4 is 54.0 Å². The maximum Gasteiger partial charge on any atom is 0.326 e. The summed E-state index contributed by atoms with van der Waals surface area (Å²) in [5.74, 6) is 0.251. The van der Waals surface area contributed by atoms with Gasteiger partial charge in [-0.1, -0.05) is 35.3 Å². The van der Waals surface area contributed by atoms with Crippen molar-refractivity contribution in [3.63, 3.8) is 0 Å². The van der Waals surface area contributed by atoms with Crippen molar-refractivity contribution in [1.82, 2.24) is 10.2 Å². The summed E-state index contributed by atoms with van der Waals surface area (Å²) in [4.78, 5) is 16.2. The van der Waals surface area contributed by atoms with Crippen LogP contribution in [0, 0.1) is 0 Å². The minimum absolute atomic E-state index is 0.0973. The van der Waals surface area contributed by atoms with Gasteiger partial charge in [0, 0.05) is 22.5 Å². The maximum atomic E-state index is 12.0. The van der Waals surface area contributed by atoms with Gasteiger partial charge < -0.3 is 20.8 Å². The predicted molar refractivity (Wildman–Crippen MR) is 110 cm³/mol. The van der Waals surface area contributed by atoms with E-state index >= 15 is 0 Å². The molecule has 8 nitrogen and oxygen atoms in total. The summed E-state index contributed by atoms with van der Waals surface area (Å²) in [5.41, 5.74) is 7.43. The Labute approximate surface area is 166 Å². The highest BCUT2D eigenvalue weighted by atomic mass is 35.5. The number of aromatic nitrogens is 2. The molecule has 3 aromatic rings. The molecule has 0 fully saturated rings. The van der Waals surface area contributed by atoms with E-state index in [1.54, 1.807) is 42.5 Å². The Morgan fingerprint density at radius 2 is 2.21 bits per heavy atom. The van der Waals surface area contributed by atoms with Crippen LogP contribution in [0.2, 0.25) is 5.02 Å². The molecule has 0 atom stereocenters. The van der Waals surface area contributed by atoms with Crippen molar-refractivity contribution in [2.75, 3.05) is 12.4 Å². The van der Waals surface area contributed by atoms with Gasteiger partial charge in [-0.05, 0) is 24.3 Å². The highest BCUT2D eigenvalue weighted by Gasteiger charge is 2.18. The molecule has 0 saturated heterocycles. The lowest BCUT2D eigenvalue weighted by molar-refractivity contribution is 0.100. The van der Waals surface area contributed by atoms with E-state index in [0.717, 1.165) is 7.48 Å². The topological polar surface area (TPSA) is 126 Å². The number of primary amides is 1. The molecule has 1 aromatic heterocycles. The first-order valence-electron chi connectivity index (χ1n) is 8.12. The van der Waals surface area contributed by atoms with Crippen LogP contribution in [0.4, 0.5) is 17.3 Å². The molecule has 0 unspecified atom stereocenters. The van der Waals surface area contributed by atoms with E-state index in [1.807, 2.05) is 0 Å². The van der Waals surface area contributed by atoms with E-state index in [4.69, 9.17) is 22.1 Å². The number of nitrogens with two attached hydrogens (primary N) is 1. The monoisotopic (exact) mass is 396 g/mol. The minimum Gasteiger partial charge on any atom is -0.496 e. The summed E-state index contributed by atoms with van der Waals surface area (Å²) in [5, 5.41) is 19.5. The molecule has 1 heterocycles. The van der Waals surface area contributed by atoms with Crippen LogP contribution in [0.25, 0.3) is 0 Å². The molecular weight excluding hydrogens is 380 g/mol. The van der Waals surface area contributed by atoms with Gasteiger partial charge in [0.25, 0.3) is 5.91 Å². The summed E-state index contributed by atoms with van der Waals surface area (Å²) >= 11 is 5.98. The van der Waals surface area contributed by atoms with Crippen LogP contribution in [0.3, 0.4) is 0 Å². The number of ether oxygens (including phenoxy) is 1. The number of aromatic amines is 1. The number of H-pyrrole nitrogens is 1. The van der Waals surface area contributed by atoms with Gasteiger partial charge in [0.2, 0.25) is 0 Å². The number of methoxy groups -OCH3 is 1. The molecule has 10 heteroatoms. The average Bonchev–Trinajstić information content (AvgIpc) is 3.08. The number of carbonyl (C=O) groups is 1. The lowest BCUT2D eigenvalue weighted by Crippen LogP contribution is -2.14. The third-order valence-corrected chi connectivity index (χ3v) is 4.05. The minimum atomic E-state index is -0.699. The zero-order chi connectivity index (χ0) is 20.1. The number of hydrogen-bond donors (Lipinski definition) is 4. The zero-order valence-electron chi connectivity index (χ0n) is 14.8. The number of nitrogens with zero attached hydrogens (tertiary/aromatic N) is 2. The van der Waals surface area contributed by atoms with Crippen LogP contribution in [-0.2, 0) is 0 Å². The summed E-state index contributed by atoms with van der Waals surface area (Å²) in [6.07, 6.45) is 1.47. The molecular formula is C18H16BClN5O3. The Kier molecular flexibility index (Phi) is 5.98. The molecule has 0 saturated carbocycles. The Hall–Kier alpha value is -3.30. The van der Waals surface area contributed by atoms with Gasteiger partial charge in [0.05, 0.1) is 7.11 Å². The molecule has 2 aromatic carbocycles. The second kappa shape index (κ2) is 8.60. The van der Waals surface area contributed by atoms with Crippen LogP contribution in [0.5, 0.6) is 5.75 Å². The van der Waals surface area contributed by atoms with Crippen molar-refractivity contribution < 1.29 is 14.6 Å². The van der Waals surface area contributed by atoms with Gasteiger partial charge in [0.1, 0.15) is 17.1 Å². The van der Waals surface area contributed by atoms with Gasteiger partial charge in [-0.3, -0.25) is 9.89 Å². The molecule has 28 heavy (non-hydrogen) atoms. The SMILES string of the molecule is COc1ccc([B]O)cc1C=Nc1n[nH]c(Nc2cccc(Cl)c2)c1C(N)=O. The van der Waals surface area contributed by atoms with E-state index in [9.17, 15) is 9.82 Å². The molecule has 1 amide bonds. The highest BCUT2D eigenvalue weighted by Crippen LogP contribution is 2.27. The first kappa shape index (κ1) is 19.5. The van der Waals surface area contributed by atoms with E-state index < -0.39 is 5.91 Å². The average molecular weight is 397 g/mol. The Balaban J connectivity index is 1.94. The first-order valence-corrected chi connectivity index (χ1v) is 8.50. The molecule has 0 spiro atoms. The van der Waals surface area contributed by atoms with Crippen molar-refractivity contribution in [3.8, 4) is 5.75 Å². The van der Waals surface area contributed by atoms with Crippen LogP contribution in [-0.4, -0.2) is 41.9 Å². The second-order valence-corrected chi connectivity index (χ2v) is 6.12. The fourth-order valence-corrected chi connectivity index (χ4v) is 2.72.